The molecule has 0 aromatic rings. The normalized spacial score (nSPS) is 11.1. The molecule has 0 radical (unpaired) electrons. The molecule has 0 spiro atoms. The Morgan fingerprint density at radius 1 is 1.13 bits per heavy atom. The van der Waals surface area contributed by atoms with Crippen LogP contribution in [0.5, 0.6) is 0 Å². The highest BCUT2D eigenvalue weighted by Crippen LogP contribution is 1.96. The highest BCUT2D eigenvalue weighted by atomic mass is 32.2. The molecule has 0 bridgehead atoms. The molecule has 9 heteroatoms. The summed E-state index contributed by atoms with van der Waals surface area (Å²) in [5.41, 5.74) is 0. The predicted molar refractivity (Wildman–Crippen MR) is 50.7 cm³/mol. The van der Waals surface area contributed by atoms with Crippen LogP contribution < -0.4 is 10.6 Å². The summed E-state index contributed by atoms with van der Waals surface area (Å²) in [6, 6.07) is 0. The number of hydrogen-bond acceptors (Lipinski definition) is 4. The van der Waals surface area contributed by atoms with Crippen LogP contribution in [0.2, 0.25) is 0 Å². The van der Waals surface area contributed by atoms with Gasteiger partial charge in [0.05, 0.1) is 5.25 Å². The Balaban J connectivity index is 4.33. The van der Waals surface area contributed by atoms with Crippen LogP contribution in [0.1, 0.15) is 0 Å². The highest BCUT2D eigenvalue weighted by molar-refractivity contribution is 7.91. The molecule has 0 heterocycles. The van der Waals surface area contributed by atoms with E-state index in [4.69, 9.17) is 10.2 Å². The third kappa shape index (κ3) is 6.55. The summed E-state index contributed by atoms with van der Waals surface area (Å²) in [4.78, 5) is 20.3. The number of amides is 2. The Morgan fingerprint density at radius 3 is 1.67 bits per heavy atom. The number of hydrogen-bond donors (Lipinski definition) is 4. The van der Waals surface area contributed by atoms with Crippen LogP contribution in [-0.2, 0) is 9.84 Å². The average Bonchev–Trinajstić information content (AvgIpc) is 2.00. The summed E-state index contributed by atoms with van der Waals surface area (Å²) in [6.07, 6.45) is -1.82. The molecule has 15 heavy (non-hydrogen) atoms. The zero-order chi connectivity index (χ0) is 12.1. The average molecular weight is 240 g/mol. The Kier molecular flexibility index (Phi) is 4.85. The molecule has 8 nitrogen and oxygen atoms in total. The minimum absolute atomic E-state index is 0.353. The van der Waals surface area contributed by atoms with Crippen molar-refractivity contribution in [3.05, 3.63) is 0 Å². The fraction of sp³-hybridized carbons (Fsp3) is 0.667. The first kappa shape index (κ1) is 13.5. The summed E-state index contributed by atoms with van der Waals surface area (Å²) < 4.78 is 22.2. The molecular weight excluding hydrogens is 228 g/mol. The van der Waals surface area contributed by atoms with Gasteiger partial charge in [-0.2, -0.15) is 0 Å². The van der Waals surface area contributed by atoms with E-state index in [9.17, 15) is 18.0 Å². The van der Waals surface area contributed by atoms with Crippen LogP contribution in [0.25, 0.3) is 0 Å². The number of nitrogens with one attached hydrogen (secondary N) is 2. The van der Waals surface area contributed by atoms with Crippen molar-refractivity contribution in [1.29, 1.82) is 0 Å². The van der Waals surface area contributed by atoms with Gasteiger partial charge < -0.3 is 20.8 Å². The van der Waals surface area contributed by atoms with Gasteiger partial charge in [-0.1, -0.05) is 0 Å². The lowest BCUT2D eigenvalue weighted by Crippen LogP contribution is -2.43. The fourth-order valence-corrected chi connectivity index (χ4v) is 1.55. The summed E-state index contributed by atoms with van der Waals surface area (Å²) in [7, 11) is -3.51. The maximum absolute atomic E-state index is 11.1. The quantitative estimate of drug-likeness (QED) is 0.484. The van der Waals surface area contributed by atoms with Gasteiger partial charge in [-0.05, 0) is 0 Å². The van der Waals surface area contributed by atoms with Crippen LogP contribution in [0, 0.1) is 0 Å². The number of carbonyl (C=O) groups is 2. The van der Waals surface area contributed by atoms with E-state index in [1.165, 1.54) is 0 Å². The third-order valence-electron chi connectivity index (χ3n) is 1.57. The molecule has 0 saturated heterocycles. The molecule has 0 atom stereocenters. The number of sulfone groups is 1. The lowest BCUT2D eigenvalue weighted by molar-refractivity contribution is 0.193. The monoisotopic (exact) mass is 240 g/mol. The Morgan fingerprint density at radius 2 is 1.47 bits per heavy atom. The van der Waals surface area contributed by atoms with E-state index in [0.717, 1.165) is 6.26 Å². The fourth-order valence-electron chi connectivity index (χ4n) is 0.777. The van der Waals surface area contributed by atoms with Gasteiger partial charge in [-0.3, -0.25) is 0 Å². The second-order valence-electron chi connectivity index (χ2n) is 2.82. The topological polar surface area (TPSA) is 133 Å². The first-order chi connectivity index (χ1) is 6.73. The van der Waals surface area contributed by atoms with Gasteiger partial charge in [0.15, 0.2) is 9.84 Å². The zero-order valence-electron chi connectivity index (χ0n) is 7.93. The Bertz CT molecular complexity index is 320. The molecule has 0 aromatic heterocycles. The van der Waals surface area contributed by atoms with Crippen molar-refractivity contribution in [3.63, 3.8) is 0 Å². The van der Waals surface area contributed by atoms with E-state index in [2.05, 4.69) is 0 Å². The van der Waals surface area contributed by atoms with Crippen LogP contribution >= 0.6 is 0 Å². The van der Waals surface area contributed by atoms with Gasteiger partial charge >= 0.3 is 12.2 Å². The summed E-state index contributed by atoms with van der Waals surface area (Å²) >= 11 is 0. The van der Waals surface area contributed by atoms with E-state index in [0.29, 0.717) is 0 Å². The predicted octanol–water partition coefficient (Wildman–Crippen LogP) is -1.07. The van der Waals surface area contributed by atoms with Crippen molar-refractivity contribution >= 4 is 22.0 Å². The smallest absolute Gasteiger partial charge is 0.404 e. The van der Waals surface area contributed by atoms with Gasteiger partial charge in [0.1, 0.15) is 0 Å². The van der Waals surface area contributed by atoms with Crippen molar-refractivity contribution in [2.24, 2.45) is 0 Å². The van der Waals surface area contributed by atoms with E-state index in [-0.39, 0.29) is 13.1 Å². The number of rotatable bonds is 5. The molecular formula is C6H12N2O6S. The van der Waals surface area contributed by atoms with Gasteiger partial charge in [0.2, 0.25) is 0 Å². The van der Waals surface area contributed by atoms with E-state index in [1.54, 1.807) is 0 Å². The second kappa shape index (κ2) is 5.39. The molecule has 0 aliphatic rings. The second-order valence-corrected chi connectivity index (χ2v) is 5.15. The van der Waals surface area contributed by atoms with Crippen molar-refractivity contribution in [1.82, 2.24) is 10.6 Å². The lowest BCUT2D eigenvalue weighted by Gasteiger charge is -2.14. The molecule has 88 valence electrons. The molecule has 0 saturated carbocycles. The standard InChI is InChI=1S/C6H12N2O6S/c1-15(13,14)4(2-7-5(9)10)3-8-6(11)12/h4,7-8H,2-3H2,1H3,(H,9,10)(H,11,12). The Hall–Kier alpha value is -1.51. The Labute approximate surface area is 86.2 Å². The number of carboxylic acid groups (broad SMARTS) is 2. The van der Waals surface area contributed by atoms with Crippen LogP contribution in [0.4, 0.5) is 9.59 Å². The zero-order valence-corrected chi connectivity index (χ0v) is 8.74. The van der Waals surface area contributed by atoms with Crippen LogP contribution in [-0.4, -0.2) is 55.4 Å². The highest BCUT2D eigenvalue weighted by Gasteiger charge is 2.21. The first-order valence-corrected chi connectivity index (χ1v) is 5.81. The van der Waals surface area contributed by atoms with E-state index >= 15 is 0 Å². The summed E-state index contributed by atoms with van der Waals surface area (Å²) in [5, 5.41) is 19.2. The minimum Gasteiger partial charge on any atom is -0.465 e. The summed E-state index contributed by atoms with van der Waals surface area (Å²) in [6.45, 7) is -0.705. The SMILES string of the molecule is CS(=O)(=O)C(CNC(=O)O)CNC(=O)O. The molecule has 0 fully saturated rings. The van der Waals surface area contributed by atoms with E-state index in [1.807, 2.05) is 10.6 Å². The molecule has 0 unspecified atom stereocenters. The van der Waals surface area contributed by atoms with Gasteiger partial charge in [-0.25, -0.2) is 18.0 Å². The molecule has 0 rings (SSSR count). The van der Waals surface area contributed by atoms with Crippen LogP contribution in [0.15, 0.2) is 0 Å². The molecule has 4 N–H and O–H groups in total. The van der Waals surface area contributed by atoms with Crippen molar-refractivity contribution in [2.75, 3.05) is 19.3 Å². The lowest BCUT2D eigenvalue weighted by atomic mass is 10.4. The molecule has 0 aliphatic carbocycles. The third-order valence-corrected chi connectivity index (χ3v) is 3.11. The van der Waals surface area contributed by atoms with Crippen molar-refractivity contribution < 1.29 is 28.2 Å². The van der Waals surface area contributed by atoms with Crippen molar-refractivity contribution in [2.45, 2.75) is 5.25 Å². The van der Waals surface area contributed by atoms with Crippen molar-refractivity contribution in [3.8, 4) is 0 Å². The molecule has 0 aliphatic heterocycles. The molecule has 2 amide bonds. The van der Waals surface area contributed by atoms with Gasteiger partial charge in [0, 0.05) is 19.3 Å². The first-order valence-electron chi connectivity index (χ1n) is 3.86. The van der Waals surface area contributed by atoms with Gasteiger partial charge in [0.25, 0.3) is 0 Å². The summed E-state index contributed by atoms with van der Waals surface area (Å²) in [5.74, 6) is 0. The maximum Gasteiger partial charge on any atom is 0.404 e. The molecule has 0 aromatic carbocycles. The largest absolute Gasteiger partial charge is 0.465 e. The van der Waals surface area contributed by atoms with Crippen LogP contribution in [0.3, 0.4) is 0 Å². The maximum atomic E-state index is 11.1. The van der Waals surface area contributed by atoms with E-state index < -0.39 is 27.3 Å². The minimum atomic E-state index is -3.51. The van der Waals surface area contributed by atoms with Gasteiger partial charge in [-0.15, -0.1) is 0 Å².